The van der Waals surface area contributed by atoms with Crippen LogP contribution in [0.1, 0.15) is 70.8 Å². The van der Waals surface area contributed by atoms with Gasteiger partial charge < -0.3 is 5.73 Å². The molecule has 0 saturated heterocycles. The van der Waals surface area contributed by atoms with Gasteiger partial charge in [0.15, 0.2) is 0 Å². The van der Waals surface area contributed by atoms with Crippen LogP contribution in [0.4, 0.5) is 5.82 Å². The van der Waals surface area contributed by atoms with Crippen molar-refractivity contribution in [2.45, 2.75) is 70.1 Å². The molecule has 4 bridgehead atoms. The molecule has 1 aromatic rings. The van der Waals surface area contributed by atoms with Crippen molar-refractivity contribution in [2.75, 3.05) is 5.73 Å². The summed E-state index contributed by atoms with van der Waals surface area (Å²) in [5, 5.41) is 0. The molecule has 3 nitrogen and oxygen atoms in total. The third-order valence-electron chi connectivity index (χ3n) is 6.03. The molecule has 0 unspecified atom stereocenters. The second-order valence-electron chi connectivity index (χ2n) is 8.95. The molecule has 4 fully saturated rings. The average molecular weight is 285 g/mol. The summed E-state index contributed by atoms with van der Waals surface area (Å²) in [6, 6.07) is 1.96. The molecule has 3 heteroatoms. The number of hydrogen-bond acceptors (Lipinski definition) is 3. The van der Waals surface area contributed by atoms with Crippen LogP contribution in [0.15, 0.2) is 6.07 Å². The lowest BCUT2D eigenvalue weighted by molar-refractivity contribution is -0.00949. The zero-order chi connectivity index (χ0) is 14.8. The van der Waals surface area contributed by atoms with Gasteiger partial charge in [0, 0.05) is 16.9 Å². The van der Waals surface area contributed by atoms with E-state index in [0.29, 0.717) is 5.82 Å². The Morgan fingerprint density at radius 3 is 2.00 bits per heavy atom. The SMILES string of the molecule is CC(C)(C)c1cc(N)nc(C23CC4CC(CC(C4)C2)C3)n1. The van der Waals surface area contributed by atoms with Crippen molar-refractivity contribution in [1.82, 2.24) is 9.97 Å². The summed E-state index contributed by atoms with van der Waals surface area (Å²) in [4.78, 5) is 9.71. The van der Waals surface area contributed by atoms with Gasteiger partial charge in [0.1, 0.15) is 11.6 Å². The van der Waals surface area contributed by atoms with Crippen molar-refractivity contribution in [3.05, 3.63) is 17.6 Å². The standard InChI is InChI=1S/C18H27N3/c1-17(2,3)14-7-15(19)21-16(20-14)18-8-11-4-12(9-18)6-13(5-11)10-18/h7,11-13H,4-6,8-10H2,1-3H3,(H2,19,20,21). The number of nitrogens with zero attached hydrogens (tertiary/aromatic N) is 2. The van der Waals surface area contributed by atoms with Crippen LogP contribution in [-0.4, -0.2) is 9.97 Å². The first-order valence-corrected chi connectivity index (χ1v) is 8.50. The molecule has 1 aromatic heterocycles. The van der Waals surface area contributed by atoms with Crippen molar-refractivity contribution in [1.29, 1.82) is 0 Å². The fourth-order valence-electron chi connectivity index (χ4n) is 5.47. The molecule has 5 rings (SSSR count). The summed E-state index contributed by atoms with van der Waals surface area (Å²) < 4.78 is 0. The van der Waals surface area contributed by atoms with Gasteiger partial charge in [0.25, 0.3) is 0 Å². The van der Waals surface area contributed by atoms with Crippen LogP contribution in [0.5, 0.6) is 0 Å². The Balaban J connectivity index is 1.78. The molecule has 0 radical (unpaired) electrons. The molecule has 21 heavy (non-hydrogen) atoms. The number of hydrogen-bond donors (Lipinski definition) is 1. The van der Waals surface area contributed by atoms with E-state index in [1.54, 1.807) is 0 Å². The van der Waals surface area contributed by atoms with E-state index in [-0.39, 0.29) is 10.8 Å². The van der Waals surface area contributed by atoms with E-state index in [1.165, 1.54) is 38.5 Å². The fraction of sp³-hybridized carbons (Fsp3) is 0.778. The Hall–Kier alpha value is -1.12. The Bertz CT molecular complexity index is 535. The minimum Gasteiger partial charge on any atom is -0.384 e. The van der Waals surface area contributed by atoms with E-state index in [4.69, 9.17) is 15.7 Å². The van der Waals surface area contributed by atoms with Gasteiger partial charge in [-0.05, 0) is 56.3 Å². The van der Waals surface area contributed by atoms with Gasteiger partial charge in [0.2, 0.25) is 0 Å². The lowest BCUT2D eigenvalue weighted by atomic mass is 9.49. The third-order valence-corrected chi connectivity index (χ3v) is 6.03. The summed E-state index contributed by atoms with van der Waals surface area (Å²) in [6.45, 7) is 6.62. The first-order valence-electron chi connectivity index (χ1n) is 8.50. The van der Waals surface area contributed by atoms with E-state index >= 15 is 0 Å². The average Bonchev–Trinajstić information content (AvgIpc) is 2.35. The highest BCUT2D eigenvalue weighted by Gasteiger charge is 2.53. The van der Waals surface area contributed by atoms with Gasteiger partial charge >= 0.3 is 0 Å². The first-order chi connectivity index (χ1) is 9.84. The summed E-state index contributed by atoms with van der Waals surface area (Å²) in [6.07, 6.45) is 8.25. The highest BCUT2D eigenvalue weighted by Crippen LogP contribution is 2.60. The zero-order valence-electron chi connectivity index (χ0n) is 13.5. The molecule has 0 atom stereocenters. The van der Waals surface area contributed by atoms with Gasteiger partial charge in [-0.15, -0.1) is 0 Å². The second-order valence-corrected chi connectivity index (χ2v) is 8.95. The monoisotopic (exact) mass is 285 g/mol. The number of nitrogen functional groups attached to an aromatic ring is 1. The summed E-state index contributed by atoms with van der Waals surface area (Å²) >= 11 is 0. The molecule has 0 spiro atoms. The number of aromatic nitrogens is 2. The van der Waals surface area contributed by atoms with E-state index in [9.17, 15) is 0 Å². The Labute approximate surface area is 127 Å². The van der Waals surface area contributed by atoms with Crippen LogP contribution >= 0.6 is 0 Å². The fourth-order valence-corrected chi connectivity index (χ4v) is 5.47. The molecule has 114 valence electrons. The van der Waals surface area contributed by atoms with Gasteiger partial charge in [0.05, 0.1) is 5.69 Å². The van der Waals surface area contributed by atoms with E-state index in [0.717, 1.165) is 29.3 Å². The molecule has 1 heterocycles. The highest BCUT2D eigenvalue weighted by atomic mass is 15.0. The van der Waals surface area contributed by atoms with Crippen LogP contribution < -0.4 is 5.73 Å². The summed E-state index contributed by atoms with van der Waals surface area (Å²) in [5.41, 5.74) is 7.50. The zero-order valence-corrected chi connectivity index (χ0v) is 13.5. The largest absolute Gasteiger partial charge is 0.384 e. The quantitative estimate of drug-likeness (QED) is 0.853. The predicted octanol–water partition coefficient (Wildman–Crippen LogP) is 3.82. The van der Waals surface area contributed by atoms with Crippen LogP contribution in [0.25, 0.3) is 0 Å². The third kappa shape index (κ3) is 2.16. The van der Waals surface area contributed by atoms with Crippen molar-refractivity contribution in [3.8, 4) is 0 Å². The number of anilines is 1. The Morgan fingerprint density at radius 2 is 1.52 bits per heavy atom. The second kappa shape index (κ2) is 4.21. The van der Waals surface area contributed by atoms with Crippen LogP contribution in [0.3, 0.4) is 0 Å². The molecular formula is C18H27N3. The Morgan fingerprint density at radius 1 is 1.00 bits per heavy atom. The molecule has 0 aliphatic heterocycles. The van der Waals surface area contributed by atoms with Crippen molar-refractivity contribution >= 4 is 5.82 Å². The van der Waals surface area contributed by atoms with Crippen LogP contribution in [0, 0.1) is 17.8 Å². The summed E-state index contributed by atoms with van der Waals surface area (Å²) in [7, 11) is 0. The lowest BCUT2D eigenvalue weighted by Gasteiger charge is -2.56. The normalized spacial score (nSPS) is 38.0. The molecule has 0 aromatic carbocycles. The molecule has 4 aliphatic carbocycles. The van der Waals surface area contributed by atoms with Crippen LogP contribution in [0.2, 0.25) is 0 Å². The van der Waals surface area contributed by atoms with E-state index < -0.39 is 0 Å². The maximum Gasteiger partial charge on any atom is 0.137 e. The number of nitrogens with two attached hydrogens (primary N) is 1. The maximum absolute atomic E-state index is 6.12. The van der Waals surface area contributed by atoms with Gasteiger partial charge in [-0.1, -0.05) is 20.8 Å². The van der Waals surface area contributed by atoms with Gasteiger partial charge in [-0.25, -0.2) is 9.97 Å². The Kier molecular flexibility index (Phi) is 2.71. The topological polar surface area (TPSA) is 51.8 Å². The molecule has 4 aliphatic rings. The van der Waals surface area contributed by atoms with E-state index in [2.05, 4.69) is 20.8 Å². The molecule has 4 saturated carbocycles. The first kappa shape index (κ1) is 13.5. The smallest absolute Gasteiger partial charge is 0.137 e. The molecular weight excluding hydrogens is 258 g/mol. The maximum atomic E-state index is 6.12. The minimum absolute atomic E-state index is 0.0358. The highest BCUT2D eigenvalue weighted by molar-refractivity contribution is 5.35. The van der Waals surface area contributed by atoms with Gasteiger partial charge in [-0.2, -0.15) is 0 Å². The van der Waals surface area contributed by atoms with Crippen molar-refractivity contribution in [3.63, 3.8) is 0 Å². The molecule has 0 amide bonds. The molecule has 2 N–H and O–H groups in total. The van der Waals surface area contributed by atoms with Crippen molar-refractivity contribution < 1.29 is 0 Å². The lowest BCUT2D eigenvalue weighted by Crippen LogP contribution is -2.49. The number of rotatable bonds is 1. The van der Waals surface area contributed by atoms with Crippen molar-refractivity contribution in [2.24, 2.45) is 17.8 Å². The summed E-state index contributed by atoms with van der Waals surface area (Å²) in [5.74, 6) is 4.46. The van der Waals surface area contributed by atoms with Crippen LogP contribution in [-0.2, 0) is 10.8 Å². The minimum atomic E-state index is 0.0358. The van der Waals surface area contributed by atoms with E-state index in [1.807, 2.05) is 6.07 Å². The van der Waals surface area contributed by atoms with Gasteiger partial charge in [-0.3, -0.25) is 0 Å². The predicted molar refractivity (Wildman–Crippen MR) is 85.0 cm³/mol.